The highest BCUT2D eigenvalue weighted by Gasteiger charge is 2.28. The van der Waals surface area contributed by atoms with E-state index in [1.807, 2.05) is 55.5 Å². The molecule has 31 heavy (non-hydrogen) atoms. The number of sulfonamides is 1. The van der Waals surface area contributed by atoms with Gasteiger partial charge in [0.25, 0.3) is 0 Å². The van der Waals surface area contributed by atoms with Crippen LogP contribution in [0.15, 0.2) is 82.2 Å². The van der Waals surface area contributed by atoms with Crippen LogP contribution in [0, 0.1) is 13.8 Å². The molecule has 3 aromatic carbocycles. The predicted octanol–water partition coefficient (Wildman–Crippen LogP) is 4.94. The second kappa shape index (κ2) is 10.2. The Morgan fingerprint density at radius 3 is 2.32 bits per heavy atom. The fourth-order valence-corrected chi connectivity index (χ4v) is 5.17. The van der Waals surface area contributed by atoms with Crippen molar-refractivity contribution in [3.05, 3.63) is 94.0 Å². The molecule has 0 fully saturated rings. The van der Waals surface area contributed by atoms with Crippen LogP contribution in [0.3, 0.4) is 0 Å². The summed E-state index contributed by atoms with van der Waals surface area (Å²) in [5.41, 5.74) is 3.13. The minimum absolute atomic E-state index is 0.202. The zero-order chi connectivity index (χ0) is 22.4. The van der Waals surface area contributed by atoms with Gasteiger partial charge < -0.3 is 5.32 Å². The van der Waals surface area contributed by atoms with Crippen LogP contribution in [0.5, 0.6) is 0 Å². The number of hydrogen-bond acceptors (Lipinski definition) is 3. The molecule has 0 atom stereocenters. The molecule has 7 heteroatoms. The monoisotopic (exact) mass is 500 g/mol. The lowest BCUT2D eigenvalue weighted by molar-refractivity contribution is -0.116. The van der Waals surface area contributed by atoms with Crippen LogP contribution in [-0.2, 0) is 21.2 Å². The number of hydrogen-bond donors (Lipinski definition) is 1. The highest BCUT2D eigenvalue weighted by atomic mass is 79.9. The summed E-state index contributed by atoms with van der Waals surface area (Å²) in [7, 11) is -3.85. The normalized spacial score (nSPS) is 11.5. The SMILES string of the molecule is Cc1ccc(C)c(S(=O)(=O)N(CCc2ccccc2)CC(=O)Nc2ccc(Br)cc2)c1. The van der Waals surface area contributed by atoms with Crippen LogP contribution < -0.4 is 5.32 Å². The fourth-order valence-electron chi connectivity index (χ4n) is 3.20. The van der Waals surface area contributed by atoms with E-state index in [1.165, 1.54) is 4.31 Å². The number of nitrogens with zero attached hydrogens (tertiary/aromatic N) is 1. The lowest BCUT2D eigenvalue weighted by atomic mass is 10.1. The van der Waals surface area contributed by atoms with Gasteiger partial charge in [0, 0.05) is 16.7 Å². The summed E-state index contributed by atoms with van der Waals surface area (Å²) in [6.07, 6.45) is 0.510. The number of anilines is 1. The maximum atomic E-state index is 13.5. The first-order chi connectivity index (χ1) is 14.8. The molecule has 0 heterocycles. The lowest BCUT2D eigenvalue weighted by Gasteiger charge is -2.23. The van der Waals surface area contributed by atoms with Gasteiger partial charge >= 0.3 is 0 Å². The van der Waals surface area contributed by atoms with E-state index in [0.717, 1.165) is 15.6 Å². The highest BCUT2D eigenvalue weighted by Crippen LogP contribution is 2.22. The quantitative estimate of drug-likeness (QED) is 0.476. The predicted molar refractivity (Wildman–Crippen MR) is 128 cm³/mol. The van der Waals surface area contributed by atoms with E-state index < -0.39 is 10.0 Å². The van der Waals surface area contributed by atoms with Crippen LogP contribution in [-0.4, -0.2) is 31.7 Å². The number of benzene rings is 3. The van der Waals surface area contributed by atoms with E-state index in [1.54, 1.807) is 31.2 Å². The van der Waals surface area contributed by atoms with Gasteiger partial charge in [-0.1, -0.05) is 58.4 Å². The van der Waals surface area contributed by atoms with Gasteiger partial charge in [0.2, 0.25) is 15.9 Å². The molecule has 5 nitrogen and oxygen atoms in total. The minimum atomic E-state index is -3.85. The molecule has 0 radical (unpaired) electrons. The number of halogens is 1. The van der Waals surface area contributed by atoms with E-state index in [2.05, 4.69) is 21.2 Å². The maximum absolute atomic E-state index is 13.5. The Labute approximate surface area is 192 Å². The molecule has 0 aliphatic heterocycles. The molecule has 0 aliphatic carbocycles. The Balaban J connectivity index is 1.85. The largest absolute Gasteiger partial charge is 0.325 e. The maximum Gasteiger partial charge on any atom is 0.243 e. The van der Waals surface area contributed by atoms with Gasteiger partial charge in [0.15, 0.2) is 0 Å². The molecule has 0 aromatic heterocycles. The van der Waals surface area contributed by atoms with Crippen molar-refractivity contribution in [3.63, 3.8) is 0 Å². The Bertz CT molecular complexity index is 1150. The average Bonchev–Trinajstić information content (AvgIpc) is 2.75. The Hall–Kier alpha value is -2.48. The molecule has 162 valence electrons. The summed E-state index contributed by atoms with van der Waals surface area (Å²) in [4.78, 5) is 13.0. The third kappa shape index (κ3) is 6.26. The molecule has 3 rings (SSSR count). The third-order valence-electron chi connectivity index (χ3n) is 4.90. The van der Waals surface area contributed by atoms with E-state index in [9.17, 15) is 13.2 Å². The van der Waals surface area contributed by atoms with Crippen molar-refractivity contribution in [2.75, 3.05) is 18.4 Å². The second-order valence-electron chi connectivity index (χ2n) is 7.40. The van der Waals surface area contributed by atoms with Crippen LogP contribution >= 0.6 is 15.9 Å². The van der Waals surface area contributed by atoms with Gasteiger partial charge in [-0.25, -0.2) is 8.42 Å². The van der Waals surface area contributed by atoms with Gasteiger partial charge in [0.1, 0.15) is 0 Å². The highest BCUT2D eigenvalue weighted by molar-refractivity contribution is 9.10. The summed E-state index contributed by atoms with van der Waals surface area (Å²) in [6, 6.07) is 22.1. The lowest BCUT2D eigenvalue weighted by Crippen LogP contribution is -2.39. The Morgan fingerprint density at radius 2 is 1.65 bits per heavy atom. The van der Waals surface area contributed by atoms with Crippen molar-refractivity contribution in [2.45, 2.75) is 25.2 Å². The van der Waals surface area contributed by atoms with Crippen molar-refractivity contribution in [2.24, 2.45) is 0 Å². The van der Waals surface area contributed by atoms with Crippen LogP contribution in [0.25, 0.3) is 0 Å². The first-order valence-electron chi connectivity index (χ1n) is 9.92. The zero-order valence-corrected chi connectivity index (χ0v) is 19.9. The topological polar surface area (TPSA) is 66.5 Å². The number of amides is 1. The first kappa shape index (κ1) is 23.2. The third-order valence-corrected chi connectivity index (χ3v) is 7.42. The van der Waals surface area contributed by atoms with Crippen molar-refractivity contribution >= 4 is 37.5 Å². The molecule has 0 saturated heterocycles. The standard InChI is InChI=1S/C24H25BrN2O3S/c1-18-8-9-19(2)23(16-18)31(29,30)27(15-14-20-6-4-3-5-7-20)17-24(28)26-22-12-10-21(25)11-13-22/h3-13,16H,14-15,17H2,1-2H3,(H,26,28). The smallest absolute Gasteiger partial charge is 0.243 e. The first-order valence-corrected chi connectivity index (χ1v) is 12.2. The minimum Gasteiger partial charge on any atom is -0.325 e. The molecular formula is C24H25BrN2O3S. The van der Waals surface area contributed by atoms with Crippen molar-refractivity contribution in [1.29, 1.82) is 0 Å². The van der Waals surface area contributed by atoms with E-state index in [4.69, 9.17) is 0 Å². The van der Waals surface area contributed by atoms with E-state index >= 15 is 0 Å². The van der Waals surface area contributed by atoms with Crippen molar-refractivity contribution in [3.8, 4) is 0 Å². The van der Waals surface area contributed by atoms with Crippen molar-refractivity contribution in [1.82, 2.24) is 4.31 Å². The Kier molecular flexibility index (Phi) is 7.64. The number of aryl methyl sites for hydroxylation is 2. The number of carbonyl (C=O) groups excluding carboxylic acids is 1. The van der Waals surface area contributed by atoms with Gasteiger partial charge in [-0.3, -0.25) is 4.79 Å². The molecule has 0 bridgehead atoms. The molecule has 0 saturated carbocycles. The van der Waals surface area contributed by atoms with Gasteiger partial charge in [-0.05, 0) is 67.3 Å². The molecular weight excluding hydrogens is 476 g/mol. The fraction of sp³-hybridized carbons (Fsp3) is 0.208. The summed E-state index contributed by atoms with van der Waals surface area (Å²) in [6.45, 7) is 3.56. The van der Waals surface area contributed by atoms with Crippen molar-refractivity contribution < 1.29 is 13.2 Å². The van der Waals surface area contributed by atoms with Gasteiger partial charge in [-0.15, -0.1) is 0 Å². The summed E-state index contributed by atoms with van der Waals surface area (Å²) >= 11 is 3.36. The van der Waals surface area contributed by atoms with E-state index in [0.29, 0.717) is 17.7 Å². The zero-order valence-electron chi connectivity index (χ0n) is 17.5. The van der Waals surface area contributed by atoms with Crippen LogP contribution in [0.1, 0.15) is 16.7 Å². The molecule has 1 amide bonds. The van der Waals surface area contributed by atoms with Crippen LogP contribution in [0.4, 0.5) is 5.69 Å². The molecule has 1 N–H and O–H groups in total. The van der Waals surface area contributed by atoms with E-state index in [-0.39, 0.29) is 23.9 Å². The molecule has 0 aliphatic rings. The number of carbonyl (C=O) groups is 1. The number of rotatable bonds is 8. The summed E-state index contributed by atoms with van der Waals surface area (Å²) in [5, 5.41) is 2.78. The summed E-state index contributed by atoms with van der Waals surface area (Å²) < 4.78 is 29.2. The summed E-state index contributed by atoms with van der Waals surface area (Å²) in [5.74, 6) is -0.385. The Morgan fingerprint density at radius 1 is 0.968 bits per heavy atom. The van der Waals surface area contributed by atoms with Gasteiger partial charge in [0.05, 0.1) is 11.4 Å². The molecule has 3 aromatic rings. The molecule has 0 spiro atoms. The van der Waals surface area contributed by atoms with Gasteiger partial charge in [-0.2, -0.15) is 4.31 Å². The average molecular weight is 501 g/mol. The molecule has 0 unspecified atom stereocenters. The number of nitrogens with one attached hydrogen (secondary N) is 1. The van der Waals surface area contributed by atoms with Crippen LogP contribution in [0.2, 0.25) is 0 Å². The second-order valence-corrected chi connectivity index (χ2v) is 10.2.